The molecule has 19 heavy (non-hydrogen) atoms. The van der Waals surface area contributed by atoms with Crippen LogP contribution in [-0.2, 0) is 9.59 Å². The zero-order valence-electron chi connectivity index (χ0n) is 10.3. The summed E-state index contributed by atoms with van der Waals surface area (Å²) in [7, 11) is 0. The van der Waals surface area contributed by atoms with Gasteiger partial charge in [-0.3, -0.25) is 4.79 Å². The van der Waals surface area contributed by atoms with Gasteiger partial charge in [0.15, 0.2) is 0 Å². The molecule has 0 fully saturated rings. The summed E-state index contributed by atoms with van der Waals surface area (Å²) in [5.41, 5.74) is -0.114. The van der Waals surface area contributed by atoms with E-state index in [4.69, 9.17) is 9.15 Å². The molecule has 5 nitrogen and oxygen atoms in total. The Hall–Kier alpha value is -2.43. The fraction of sp³-hybridized carbons (Fsp3) is 0.214. The molecule has 1 aromatic heterocycles. The minimum Gasteiger partial charge on any atom is -0.426 e. The zero-order valence-corrected chi connectivity index (χ0v) is 10.3. The Bertz CT molecular complexity index is 684. The summed E-state index contributed by atoms with van der Waals surface area (Å²) in [4.78, 5) is 33.3. The Morgan fingerprint density at radius 2 is 1.89 bits per heavy atom. The maximum Gasteiger partial charge on any atom is 0.336 e. The molecule has 0 aliphatic rings. The third kappa shape index (κ3) is 3.51. The molecule has 0 spiro atoms. The topological polar surface area (TPSA) is 73.6 Å². The van der Waals surface area contributed by atoms with Crippen LogP contribution in [0.15, 0.2) is 39.5 Å². The van der Waals surface area contributed by atoms with E-state index in [1.54, 1.807) is 18.2 Å². The normalized spacial score (nSPS) is 10.4. The van der Waals surface area contributed by atoms with E-state index in [-0.39, 0.29) is 24.4 Å². The summed E-state index contributed by atoms with van der Waals surface area (Å²) in [6.07, 6.45) is 0.188. The van der Waals surface area contributed by atoms with Crippen LogP contribution in [0, 0.1) is 0 Å². The largest absolute Gasteiger partial charge is 0.426 e. The fourth-order valence-corrected chi connectivity index (χ4v) is 1.57. The van der Waals surface area contributed by atoms with Crippen molar-refractivity contribution in [1.82, 2.24) is 0 Å². The van der Waals surface area contributed by atoms with Gasteiger partial charge in [-0.15, -0.1) is 0 Å². The molecule has 0 saturated carbocycles. The molecule has 1 aromatic carbocycles. The number of hydrogen-bond donors (Lipinski definition) is 0. The van der Waals surface area contributed by atoms with Crippen molar-refractivity contribution in [3.05, 3.63) is 40.8 Å². The Balaban J connectivity index is 2.15. The highest BCUT2D eigenvalue weighted by atomic mass is 16.5. The van der Waals surface area contributed by atoms with Crippen LogP contribution >= 0.6 is 0 Å². The van der Waals surface area contributed by atoms with Crippen molar-refractivity contribution in [2.24, 2.45) is 0 Å². The summed E-state index contributed by atoms with van der Waals surface area (Å²) in [6.45, 7) is 1.41. The highest BCUT2D eigenvalue weighted by Crippen LogP contribution is 2.19. The van der Waals surface area contributed by atoms with Gasteiger partial charge in [-0.2, -0.15) is 0 Å². The Labute approximate surface area is 108 Å². The van der Waals surface area contributed by atoms with Gasteiger partial charge in [-0.05, 0) is 25.1 Å². The van der Waals surface area contributed by atoms with Crippen molar-refractivity contribution < 1.29 is 18.7 Å². The highest BCUT2D eigenvalue weighted by molar-refractivity contribution is 5.83. The van der Waals surface area contributed by atoms with Crippen LogP contribution in [0.5, 0.6) is 5.75 Å². The first-order chi connectivity index (χ1) is 9.04. The Morgan fingerprint density at radius 1 is 1.16 bits per heavy atom. The molecule has 0 bridgehead atoms. The molecule has 0 aliphatic carbocycles. The van der Waals surface area contributed by atoms with E-state index in [0.717, 1.165) is 5.39 Å². The van der Waals surface area contributed by atoms with Crippen molar-refractivity contribution >= 4 is 22.7 Å². The molecule has 5 heteroatoms. The second-order valence-electron chi connectivity index (χ2n) is 4.13. The van der Waals surface area contributed by atoms with Gasteiger partial charge in [0, 0.05) is 23.9 Å². The molecular formula is C14H12O5. The Morgan fingerprint density at radius 3 is 2.63 bits per heavy atom. The monoisotopic (exact) mass is 260 g/mol. The lowest BCUT2D eigenvalue weighted by Crippen LogP contribution is -2.09. The number of hydrogen-bond acceptors (Lipinski definition) is 5. The third-order valence-corrected chi connectivity index (χ3v) is 2.51. The minimum atomic E-state index is -0.493. The van der Waals surface area contributed by atoms with Gasteiger partial charge in [0.2, 0.25) is 0 Å². The summed E-state index contributed by atoms with van der Waals surface area (Å²) in [5.74, 6) is -0.273. The van der Waals surface area contributed by atoms with Gasteiger partial charge >= 0.3 is 11.6 Å². The molecule has 0 saturated heterocycles. The number of ether oxygens (including phenoxy) is 1. The van der Waals surface area contributed by atoms with Crippen molar-refractivity contribution in [2.75, 3.05) is 0 Å². The minimum absolute atomic E-state index is 0.0338. The van der Waals surface area contributed by atoms with Crippen LogP contribution in [0.25, 0.3) is 11.0 Å². The summed E-state index contributed by atoms with van der Waals surface area (Å²) in [6, 6.07) is 7.71. The molecule has 2 aromatic rings. The number of ketones is 1. The first-order valence-electron chi connectivity index (χ1n) is 5.78. The second kappa shape index (κ2) is 5.48. The molecule has 0 amide bonds. The lowest BCUT2D eigenvalue weighted by atomic mass is 10.2. The summed E-state index contributed by atoms with van der Waals surface area (Å²) >= 11 is 0. The van der Waals surface area contributed by atoms with Crippen LogP contribution in [0.4, 0.5) is 0 Å². The smallest absolute Gasteiger partial charge is 0.336 e. The number of benzene rings is 1. The molecular weight excluding hydrogens is 248 g/mol. The Kier molecular flexibility index (Phi) is 3.75. The molecule has 0 aliphatic heterocycles. The molecule has 0 unspecified atom stereocenters. The van der Waals surface area contributed by atoms with Crippen LogP contribution in [-0.4, -0.2) is 11.8 Å². The molecule has 2 rings (SSSR count). The summed E-state index contributed by atoms with van der Waals surface area (Å²) < 4.78 is 10.0. The van der Waals surface area contributed by atoms with Crippen LogP contribution < -0.4 is 10.4 Å². The van der Waals surface area contributed by atoms with Crippen LogP contribution in [0.3, 0.4) is 0 Å². The second-order valence-corrected chi connectivity index (χ2v) is 4.13. The first kappa shape index (κ1) is 13.0. The van der Waals surface area contributed by atoms with Crippen LogP contribution in [0.2, 0.25) is 0 Å². The summed E-state index contributed by atoms with van der Waals surface area (Å²) in [5, 5.41) is 0.739. The first-order valence-corrected chi connectivity index (χ1v) is 5.78. The van der Waals surface area contributed by atoms with E-state index in [9.17, 15) is 14.4 Å². The zero-order chi connectivity index (χ0) is 13.8. The van der Waals surface area contributed by atoms with Crippen molar-refractivity contribution in [1.29, 1.82) is 0 Å². The lowest BCUT2D eigenvalue weighted by molar-refractivity contribution is -0.135. The maximum absolute atomic E-state index is 11.5. The predicted octanol–water partition coefficient (Wildman–Crippen LogP) is 2.07. The maximum atomic E-state index is 11.5. The van der Waals surface area contributed by atoms with Crippen molar-refractivity contribution in [2.45, 2.75) is 19.8 Å². The standard InChI is InChI=1S/C14H12O5/c1-9(15)2-6-13(16)18-11-5-3-10-4-7-14(17)19-12(10)8-11/h3-5,7-8H,2,6H2,1H3. The van der Waals surface area contributed by atoms with Crippen molar-refractivity contribution in [3.8, 4) is 5.75 Å². The quantitative estimate of drug-likeness (QED) is 0.478. The fourth-order valence-electron chi connectivity index (χ4n) is 1.57. The van der Waals surface area contributed by atoms with Crippen molar-refractivity contribution in [3.63, 3.8) is 0 Å². The molecule has 1 heterocycles. The van der Waals surface area contributed by atoms with E-state index in [1.165, 1.54) is 19.1 Å². The van der Waals surface area contributed by atoms with E-state index >= 15 is 0 Å². The number of carbonyl (C=O) groups excluding carboxylic acids is 2. The number of carbonyl (C=O) groups is 2. The van der Waals surface area contributed by atoms with Gasteiger partial charge in [0.1, 0.15) is 17.1 Å². The third-order valence-electron chi connectivity index (χ3n) is 2.51. The van der Waals surface area contributed by atoms with E-state index < -0.39 is 11.6 Å². The molecule has 98 valence electrons. The van der Waals surface area contributed by atoms with E-state index in [0.29, 0.717) is 5.58 Å². The van der Waals surface area contributed by atoms with Gasteiger partial charge < -0.3 is 13.9 Å². The van der Waals surface area contributed by atoms with E-state index in [1.807, 2.05) is 0 Å². The average molecular weight is 260 g/mol. The average Bonchev–Trinajstić information content (AvgIpc) is 2.36. The van der Waals surface area contributed by atoms with Gasteiger partial charge in [-0.25, -0.2) is 4.79 Å². The lowest BCUT2D eigenvalue weighted by Gasteiger charge is -2.04. The molecule has 0 N–H and O–H groups in total. The molecule has 0 radical (unpaired) electrons. The number of Topliss-reactive ketones (excluding diaryl/α,β-unsaturated/α-hetero) is 1. The number of fused-ring (bicyclic) bond motifs is 1. The van der Waals surface area contributed by atoms with Gasteiger partial charge in [0.25, 0.3) is 0 Å². The van der Waals surface area contributed by atoms with Crippen LogP contribution in [0.1, 0.15) is 19.8 Å². The van der Waals surface area contributed by atoms with E-state index in [2.05, 4.69) is 0 Å². The number of esters is 1. The highest BCUT2D eigenvalue weighted by Gasteiger charge is 2.07. The predicted molar refractivity (Wildman–Crippen MR) is 68.0 cm³/mol. The molecule has 0 atom stereocenters. The number of rotatable bonds is 4. The van der Waals surface area contributed by atoms with Gasteiger partial charge in [-0.1, -0.05) is 0 Å². The van der Waals surface area contributed by atoms with Gasteiger partial charge in [0.05, 0.1) is 6.42 Å². The SMILES string of the molecule is CC(=O)CCC(=O)Oc1ccc2ccc(=O)oc2c1.